The molecular formula is C26H18ClN5O5. The monoisotopic (exact) mass is 515 g/mol. The summed E-state index contributed by atoms with van der Waals surface area (Å²) in [5, 5.41) is 20.7. The van der Waals surface area contributed by atoms with E-state index in [-0.39, 0.29) is 11.4 Å². The number of non-ortho nitro benzene ring substituents is 1. The minimum absolute atomic E-state index is 0.0922. The maximum absolute atomic E-state index is 13.8. The fourth-order valence-corrected chi connectivity index (χ4v) is 5.54. The molecule has 0 aliphatic carbocycles. The van der Waals surface area contributed by atoms with Crippen LogP contribution in [-0.2, 0) is 14.4 Å². The van der Waals surface area contributed by atoms with Gasteiger partial charge in [0.05, 0.1) is 34.7 Å². The quantitative estimate of drug-likeness (QED) is 0.320. The van der Waals surface area contributed by atoms with Crippen LogP contribution < -0.4 is 10.2 Å². The zero-order valence-corrected chi connectivity index (χ0v) is 19.8. The number of halogens is 1. The van der Waals surface area contributed by atoms with E-state index >= 15 is 0 Å². The van der Waals surface area contributed by atoms with Crippen molar-refractivity contribution in [2.75, 3.05) is 10.2 Å². The second-order valence-corrected chi connectivity index (χ2v) is 9.42. The molecule has 0 spiro atoms. The molecule has 3 heterocycles. The van der Waals surface area contributed by atoms with Crippen molar-refractivity contribution in [3.05, 3.63) is 99.1 Å². The molecule has 1 N–H and O–H groups in total. The SMILES string of the molecule is O=C(Nc1ccc(Cl)cc1)[C@H]1[C@H]2C(=O)N(c3cccc([N+](=O)[O-])c3)C(=O)[C@@H]2[C@@H]2c3ccccc3C=NN12. The predicted molar refractivity (Wildman–Crippen MR) is 135 cm³/mol. The standard InChI is InChI=1S/C26H18ClN5O5/c27-15-8-10-16(11-9-15)29-24(33)23-21-20(22-19-7-2-1-4-14(19)13-28-31(22)23)25(34)30(26(21)35)17-5-3-6-18(12-17)32(36)37/h1-13,20-23H,(H,29,33)/t20-,21-,22-,23+/m0/s1. The number of nitro groups is 1. The molecule has 4 atom stereocenters. The average molecular weight is 516 g/mol. The number of nitrogens with zero attached hydrogens (tertiary/aromatic N) is 4. The van der Waals surface area contributed by atoms with Gasteiger partial charge in [0.15, 0.2) is 0 Å². The number of fused-ring (bicyclic) bond motifs is 5. The topological polar surface area (TPSA) is 125 Å². The molecule has 11 heteroatoms. The first-order valence-corrected chi connectivity index (χ1v) is 11.8. The number of nitro benzene ring substituents is 1. The number of benzene rings is 3. The highest BCUT2D eigenvalue weighted by Crippen LogP contribution is 2.52. The number of hydrazone groups is 1. The highest BCUT2D eigenvalue weighted by atomic mass is 35.5. The molecule has 6 rings (SSSR count). The van der Waals surface area contributed by atoms with Crippen molar-refractivity contribution in [3.63, 3.8) is 0 Å². The molecule has 37 heavy (non-hydrogen) atoms. The second-order valence-electron chi connectivity index (χ2n) is 8.98. The van der Waals surface area contributed by atoms with Crippen LogP contribution in [0, 0.1) is 22.0 Å². The van der Waals surface area contributed by atoms with Crippen molar-refractivity contribution < 1.29 is 19.3 Å². The van der Waals surface area contributed by atoms with Crippen LogP contribution in [-0.4, -0.2) is 39.9 Å². The molecule has 10 nitrogen and oxygen atoms in total. The summed E-state index contributed by atoms with van der Waals surface area (Å²) in [7, 11) is 0. The smallest absolute Gasteiger partial charge is 0.271 e. The van der Waals surface area contributed by atoms with E-state index in [1.54, 1.807) is 30.5 Å². The Morgan fingerprint density at radius 3 is 2.46 bits per heavy atom. The average Bonchev–Trinajstić information content (AvgIpc) is 3.38. The van der Waals surface area contributed by atoms with Crippen LogP contribution in [0.5, 0.6) is 0 Å². The first kappa shape index (κ1) is 22.9. The van der Waals surface area contributed by atoms with Gasteiger partial charge in [0.25, 0.3) is 5.69 Å². The Kier molecular flexibility index (Phi) is 5.27. The lowest BCUT2D eigenvalue weighted by molar-refractivity contribution is -0.384. The molecule has 0 saturated carbocycles. The zero-order valence-electron chi connectivity index (χ0n) is 19.0. The predicted octanol–water partition coefficient (Wildman–Crippen LogP) is 3.77. The Hall–Kier alpha value is -4.57. The van der Waals surface area contributed by atoms with Gasteiger partial charge in [0, 0.05) is 22.8 Å². The van der Waals surface area contributed by atoms with E-state index in [0.29, 0.717) is 10.7 Å². The number of anilines is 2. The first-order chi connectivity index (χ1) is 17.8. The maximum atomic E-state index is 13.8. The highest BCUT2D eigenvalue weighted by molar-refractivity contribution is 6.30. The molecule has 3 aromatic carbocycles. The summed E-state index contributed by atoms with van der Waals surface area (Å²) in [6, 6.07) is 17.5. The van der Waals surface area contributed by atoms with E-state index in [1.807, 2.05) is 24.3 Å². The Bertz CT molecular complexity index is 1510. The molecule has 3 aliphatic rings. The number of rotatable bonds is 4. The van der Waals surface area contributed by atoms with Crippen molar-refractivity contribution in [2.24, 2.45) is 16.9 Å². The van der Waals surface area contributed by atoms with Gasteiger partial charge >= 0.3 is 0 Å². The number of amides is 3. The van der Waals surface area contributed by atoms with Crippen LogP contribution >= 0.6 is 11.6 Å². The third-order valence-electron chi connectivity index (χ3n) is 6.97. The molecule has 0 unspecified atom stereocenters. The minimum atomic E-state index is -1.09. The van der Waals surface area contributed by atoms with Crippen LogP contribution in [0.25, 0.3) is 0 Å². The third kappa shape index (κ3) is 3.56. The molecule has 184 valence electrons. The van der Waals surface area contributed by atoms with Gasteiger partial charge in [0.2, 0.25) is 17.7 Å². The number of hydrogen-bond acceptors (Lipinski definition) is 7. The van der Waals surface area contributed by atoms with Gasteiger partial charge in [-0.05, 0) is 41.5 Å². The largest absolute Gasteiger partial charge is 0.324 e. The van der Waals surface area contributed by atoms with Crippen molar-refractivity contribution in [1.82, 2.24) is 5.01 Å². The summed E-state index contributed by atoms with van der Waals surface area (Å²) < 4.78 is 0. The first-order valence-electron chi connectivity index (χ1n) is 11.4. The zero-order chi connectivity index (χ0) is 25.8. The van der Waals surface area contributed by atoms with Gasteiger partial charge in [0.1, 0.15) is 6.04 Å². The van der Waals surface area contributed by atoms with Crippen LogP contribution in [0.15, 0.2) is 77.9 Å². The van der Waals surface area contributed by atoms with E-state index in [2.05, 4.69) is 10.4 Å². The minimum Gasteiger partial charge on any atom is -0.324 e. The number of nitrogens with one attached hydrogen (secondary N) is 1. The van der Waals surface area contributed by atoms with E-state index in [0.717, 1.165) is 16.0 Å². The Morgan fingerprint density at radius 2 is 1.70 bits per heavy atom. The lowest BCUT2D eigenvalue weighted by Crippen LogP contribution is -2.46. The summed E-state index contributed by atoms with van der Waals surface area (Å²) in [5.74, 6) is -3.59. The maximum Gasteiger partial charge on any atom is 0.271 e. The van der Waals surface area contributed by atoms with Gasteiger partial charge in [-0.3, -0.25) is 29.5 Å². The van der Waals surface area contributed by atoms with Crippen molar-refractivity contribution in [2.45, 2.75) is 12.1 Å². The van der Waals surface area contributed by atoms with E-state index in [1.165, 1.54) is 29.3 Å². The van der Waals surface area contributed by atoms with Crippen molar-refractivity contribution in [1.29, 1.82) is 0 Å². The number of carbonyl (C=O) groups excluding carboxylic acids is 3. The summed E-state index contributed by atoms with van der Waals surface area (Å²) in [4.78, 5) is 52.9. The number of imide groups is 1. The molecular weight excluding hydrogens is 498 g/mol. The van der Waals surface area contributed by atoms with Gasteiger partial charge in [-0.25, -0.2) is 4.90 Å². The van der Waals surface area contributed by atoms with Crippen LogP contribution in [0.3, 0.4) is 0 Å². The van der Waals surface area contributed by atoms with E-state index < -0.39 is 46.6 Å². The molecule has 3 aromatic rings. The summed E-state index contributed by atoms with van der Waals surface area (Å²) in [6.07, 6.45) is 1.61. The van der Waals surface area contributed by atoms with Gasteiger partial charge in [-0.15, -0.1) is 0 Å². The lowest BCUT2D eigenvalue weighted by atomic mass is 9.85. The molecule has 3 aliphatic heterocycles. The molecule has 0 bridgehead atoms. The van der Waals surface area contributed by atoms with E-state index in [9.17, 15) is 24.5 Å². The Labute approximate surface area is 215 Å². The summed E-state index contributed by atoms with van der Waals surface area (Å²) in [5.41, 5.74) is 1.88. The lowest BCUT2D eigenvalue weighted by Gasteiger charge is -2.33. The van der Waals surface area contributed by atoms with Gasteiger partial charge in [-0.2, -0.15) is 5.10 Å². The Balaban J connectivity index is 1.44. The molecule has 0 aromatic heterocycles. The van der Waals surface area contributed by atoms with Crippen LogP contribution in [0.4, 0.5) is 17.1 Å². The Morgan fingerprint density at radius 1 is 0.973 bits per heavy atom. The summed E-state index contributed by atoms with van der Waals surface area (Å²) in [6.45, 7) is 0. The number of hydrogen-bond donors (Lipinski definition) is 1. The molecule has 3 amide bonds. The second kappa shape index (κ2) is 8.52. The fraction of sp³-hybridized carbons (Fsp3) is 0.154. The third-order valence-corrected chi connectivity index (χ3v) is 7.22. The summed E-state index contributed by atoms with van der Waals surface area (Å²) >= 11 is 5.96. The normalized spacial score (nSPS) is 23.5. The van der Waals surface area contributed by atoms with E-state index in [4.69, 9.17) is 11.6 Å². The highest BCUT2D eigenvalue weighted by Gasteiger charge is 2.65. The van der Waals surface area contributed by atoms with Gasteiger partial charge < -0.3 is 5.32 Å². The molecule has 0 radical (unpaired) electrons. The van der Waals surface area contributed by atoms with Gasteiger partial charge in [-0.1, -0.05) is 41.9 Å². The fourth-order valence-electron chi connectivity index (χ4n) is 5.42. The number of carbonyl (C=O) groups is 3. The van der Waals surface area contributed by atoms with Crippen molar-refractivity contribution in [3.8, 4) is 0 Å². The van der Waals surface area contributed by atoms with Crippen LogP contribution in [0.2, 0.25) is 5.02 Å². The molecule has 2 fully saturated rings. The van der Waals surface area contributed by atoms with Crippen molar-refractivity contribution >= 4 is 52.6 Å². The van der Waals surface area contributed by atoms with Crippen LogP contribution in [0.1, 0.15) is 17.2 Å². The molecule has 2 saturated heterocycles.